The summed E-state index contributed by atoms with van der Waals surface area (Å²) in [6, 6.07) is 60.9. The van der Waals surface area contributed by atoms with Gasteiger partial charge in [0.2, 0.25) is 50.2 Å². The minimum absolute atomic E-state index is 0.199. The van der Waals surface area contributed by atoms with E-state index < -0.39 is 35.2 Å². The highest BCUT2D eigenvalue weighted by Gasteiger charge is 2.32. The summed E-state index contributed by atoms with van der Waals surface area (Å²) in [4.78, 5) is 90.4. The van der Waals surface area contributed by atoms with E-state index in [9.17, 15) is 24.0 Å². The van der Waals surface area contributed by atoms with Gasteiger partial charge in [0, 0.05) is 128 Å². The van der Waals surface area contributed by atoms with E-state index in [4.69, 9.17) is 30.2 Å². The summed E-state index contributed by atoms with van der Waals surface area (Å²) >= 11 is 0. The van der Waals surface area contributed by atoms with Gasteiger partial charge in [0.1, 0.15) is 44.3 Å². The first-order valence-corrected chi connectivity index (χ1v) is 42.3. The standard InChI is InChI=1S/C100H112N12O7/c1-64-49-80-88(55-66(64)3)110(76-38-26-22-27-39-76)92-62-86(70(7)53-84(92)105-80)108(97(116)118-99(9,10)11)47-35-20-18-33-45-103-95(114)74-57-73(94(113)102-44-32-17-15-16-25-37-72-60-90-82(51-68(72)5)107-83-52-69(6)79(101)61-91(83)112(90)78-42-30-24-31-43-78)58-75(59-74)96(115)104-46-34-19-21-36-48-109(98(117)119-100(12,13)14)87-63-93-85(54-71(87)8)106-81-50-65(2)67(4)56-89(81)111(93)77-40-28-23-29-41-77/h22-24,26-31,38-43,49-63,101H,15-21,25,32-37,44-48H2,1-14H3,(H-2,102,103,104,113,114,115)/p+3. The second-order valence-corrected chi connectivity index (χ2v) is 34.1. The summed E-state index contributed by atoms with van der Waals surface area (Å²) < 4.78 is 18.9. The van der Waals surface area contributed by atoms with Crippen LogP contribution in [0, 0.1) is 55.4 Å². The Labute approximate surface area is 699 Å². The predicted molar refractivity (Wildman–Crippen MR) is 479 cm³/mol. The van der Waals surface area contributed by atoms with Crippen LogP contribution in [-0.4, -0.2) is 88.8 Å². The third kappa shape index (κ3) is 20.3. The van der Waals surface area contributed by atoms with E-state index in [1.165, 1.54) is 11.1 Å². The van der Waals surface area contributed by atoms with Crippen LogP contribution in [0.5, 0.6) is 0 Å². The summed E-state index contributed by atoms with van der Waals surface area (Å²) in [5.74, 6) is -1.17. The summed E-state index contributed by atoms with van der Waals surface area (Å²) in [7, 11) is 0. The molecule has 0 radical (unpaired) electrons. The van der Waals surface area contributed by atoms with Gasteiger partial charge in [0.05, 0.1) is 11.4 Å². The van der Waals surface area contributed by atoms with Crippen LogP contribution in [0.3, 0.4) is 0 Å². The van der Waals surface area contributed by atoms with Gasteiger partial charge in [-0.15, -0.1) is 13.7 Å². The normalized spacial score (nSPS) is 11.8. The average Bonchev–Trinajstić information content (AvgIpc) is 0.690. The van der Waals surface area contributed by atoms with Crippen molar-refractivity contribution in [3.63, 3.8) is 0 Å². The smallest absolute Gasteiger partial charge is 0.414 e. The van der Waals surface area contributed by atoms with Crippen molar-refractivity contribution in [3.05, 3.63) is 249 Å². The minimum atomic E-state index is -0.742. The fourth-order valence-electron chi connectivity index (χ4n) is 15.8. The van der Waals surface area contributed by atoms with Gasteiger partial charge in [-0.1, -0.05) is 99.5 Å². The number of benzene rings is 10. The van der Waals surface area contributed by atoms with Crippen LogP contribution in [0.1, 0.15) is 206 Å². The molecule has 0 bridgehead atoms. The molecule has 0 saturated carbocycles. The molecule has 13 rings (SSSR count). The predicted octanol–water partition coefficient (Wildman–Crippen LogP) is 20.1. The number of ether oxygens (including phenoxy) is 2. The quantitative estimate of drug-likeness (QED) is 0.0143. The van der Waals surface area contributed by atoms with Gasteiger partial charge in [-0.05, 0) is 247 Å². The summed E-state index contributed by atoms with van der Waals surface area (Å²) in [6.45, 7) is 29.7. The maximum atomic E-state index is 14.3. The van der Waals surface area contributed by atoms with E-state index in [0.29, 0.717) is 58.4 Å². The Morgan fingerprint density at radius 1 is 0.336 bits per heavy atom. The van der Waals surface area contributed by atoms with Crippen LogP contribution in [0.25, 0.3) is 83.3 Å². The number of hydrogen-bond acceptors (Lipinski definition) is 11. The second kappa shape index (κ2) is 37.1. The van der Waals surface area contributed by atoms with Crippen LogP contribution in [0.2, 0.25) is 0 Å². The van der Waals surface area contributed by atoms with Crippen LogP contribution in [0.4, 0.5) is 26.7 Å². The van der Waals surface area contributed by atoms with Crippen LogP contribution in [-0.2, 0) is 15.9 Å². The van der Waals surface area contributed by atoms with Crippen LogP contribution >= 0.6 is 0 Å². The largest absolute Gasteiger partial charge is 0.443 e. The number of para-hydroxylation sites is 3. The second-order valence-electron chi connectivity index (χ2n) is 34.1. The number of rotatable bonds is 30. The SMILES string of the molecule is Cc1cc2nc3cc(C)c(N(CCCCCCNC(=O)c4cc(C(=O)NCCCCCCCc5cc6c(cc5C)nc5cc(C)c(N)cc5[n+]6-c5ccccc5)cc(C(=O)NCCCCCCN(C(=O)OC(C)(C)C)c5cc6c(cc5C)nc5cc(C)c(C)cc5[n+]6-c5ccccc5)c4)C(=O)OC(C)(C)C)cc3[n+](-c3ccccc3)c2cc1C. The zero-order valence-corrected chi connectivity index (χ0v) is 71.8. The van der Waals surface area contributed by atoms with Gasteiger partial charge in [0.15, 0.2) is 0 Å². The fraction of sp³-hybridized carbons (Fsp3) is 0.350. The zero-order valence-electron chi connectivity index (χ0n) is 71.8. The van der Waals surface area contributed by atoms with Crippen LogP contribution < -0.4 is 45.2 Å². The number of nitrogens with two attached hydrogens (primary N) is 1. The number of hydrogen-bond donors (Lipinski definition) is 4. The maximum Gasteiger partial charge on any atom is 0.414 e. The fourth-order valence-corrected chi connectivity index (χ4v) is 15.8. The lowest BCUT2D eigenvalue weighted by atomic mass is 9.99. The molecule has 0 atom stereocenters. The van der Waals surface area contributed by atoms with Crippen molar-refractivity contribution in [2.45, 2.75) is 198 Å². The highest BCUT2D eigenvalue weighted by atomic mass is 16.6. The highest BCUT2D eigenvalue weighted by molar-refractivity contribution is 6.05. The number of carbonyl (C=O) groups is 5. The van der Waals surface area contributed by atoms with Gasteiger partial charge in [-0.2, -0.15) is 0 Å². The Kier molecular flexibility index (Phi) is 26.4. The van der Waals surface area contributed by atoms with Gasteiger partial charge >= 0.3 is 12.2 Å². The first-order chi connectivity index (χ1) is 57.0. The van der Waals surface area contributed by atoms with Crippen molar-refractivity contribution in [2.24, 2.45) is 0 Å². The number of aryl methyl sites for hydroxylation is 9. The molecule has 0 fully saturated rings. The van der Waals surface area contributed by atoms with E-state index >= 15 is 0 Å². The van der Waals surface area contributed by atoms with Crippen molar-refractivity contribution >= 4 is 113 Å². The maximum absolute atomic E-state index is 14.3. The van der Waals surface area contributed by atoms with Crippen molar-refractivity contribution in [1.82, 2.24) is 30.9 Å². The molecule has 10 aromatic carbocycles. The summed E-state index contributed by atoms with van der Waals surface area (Å²) in [5.41, 5.74) is 31.5. The zero-order chi connectivity index (χ0) is 84.4. The number of amides is 5. The molecule has 0 unspecified atom stereocenters. The van der Waals surface area contributed by atoms with E-state index in [2.05, 4.69) is 180 Å². The topological polar surface area (TPSA) is 223 Å². The molecule has 5 amide bonds. The molecule has 5 N–H and O–H groups in total. The molecule has 0 spiro atoms. The Morgan fingerprint density at radius 2 is 0.630 bits per heavy atom. The first kappa shape index (κ1) is 84.7. The first-order valence-electron chi connectivity index (χ1n) is 42.3. The molecule has 0 aliphatic carbocycles. The third-order valence-electron chi connectivity index (χ3n) is 22.4. The number of aromatic nitrogens is 6. The van der Waals surface area contributed by atoms with Crippen molar-refractivity contribution < 1.29 is 47.1 Å². The van der Waals surface area contributed by atoms with Gasteiger partial charge in [0.25, 0.3) is 17.7 Å². The van der Waals surface area contributed by atoms with Crippen molar-refractivity contribution in [1.29, 1.82) is 0 Å². The van der Waals surface area contributed by atoms with Crippen LogP contribution in [0.15, 0.2) is 182 Å². The molecule has 19 nitrogen and oxygen atoms in total. The lowest BCUT2D eigenvalue weighted by molar-refractivity contribution is -0.538. The monoisotopic (exact) mass is 1600 g/mol. The van der Waals surface area contributed by atoms with Gasteiger partial charge in [-0.25, -0.2) is 24.5 Å². The summed E-state index contributed by atoms with van der Waals surface area (Å²) in [6.07, 6.45) is 10.3. The Bertz CT molecular complexity index is 5720. The van der Waals surface area contributed by atoms with E-state index in [1.807, 2.05) is 111 Å². The molecule has 614 valence electrons. The Hall–Kier alpha value is -12.3. The average molecular weight is 1600 g/mol. The number of nitrogens with one attached hydrogen (secondary N) is 3. The molecule has 3 aromatic heterocycles. The number of nitrogen functional groups attached to an aromatic ring is 1. The number of fused-ring (bicyclic) bond motifs is 6. The van der Waals surface area contributed by atoms with E-state index in [0.717, 1.165) is 203 Å². The van der Waals surface area contributed by atoms with Gasteiger partial charge < -0.3 is 31.2 Å². The molecule has 119 heavy (non-hydrogen) atoms. The lowest BCUT2D eigenvalue weighted by Gasteiger charge is -2.28. The molecule has 13 aromatic rings. The molecule has 0 saturated heterocycles. The van der Waals surface area contributed by atoms with E-state index in [-0.39, 0.29) is 22.6 Å². The Balaban J connectivity index is 0.655. The van der Waals surface area contributed by atoms with E-state index in [1.54, 1.807) is 28.0 Å². The molecule has 19 heteroatoms. The van der Waals surface area contributed by atoms with Crippen molar-refractivity contribution in [3.8, 4) is 17.1 Å². The molecule has 0 aliphatic heterocycles. The molecule has 3 heterocycles. The number of anilines is 3. The summed E-state index contributed by atoms with van der Waals surface area (Å²) in [5, 5.41) is 9.25. The lowest BCUT2D eigenvalue weighted by Crippen LogP contribution is -2.38. The molecule has 0 aliphatic rings. The minimum Gasteiger partial charge on any atom is -0.443 e. The van der Waals surface area contributed by atoms with Gasteiger partial charge in [-0.3, -0.25) is 24.2 Å². The number of nitrogens with zero attached hydrogens (tertiary/aromatic N) is 8. The Morgan fingerprint density at radius 3 is 1.00 bits per heavy atom. The number of unbranched alkanes of at least 4 members (excludes halogenated alkanes) is 10. The van der Waals surface area contributed by atoms with Crippen molar-refractivity contribution in [2.75, 3.05) is 48.3 Å². The number of carbonyl (C=O) groups excluding carboxylic acids is 5. The highest BCUT2D eigenvalue weighted by Crippen LogP contribution is 2.34. The third-order valence-corrected chi connectivity index (χ3v) is 22.4. The molecular weight excluding hydrogens is 1480 g/mol. The molecular formula is C100H115N12O7+3.